The van der Waals surface area contributed by atoms with E-state index in [0.29, 0.717) is 11.0 Å². The van der Waals surface area contributed by atoms with E-state index in [9.17, 15) is 0 Å². The van der Waals surface area contributed by atoms with Crippen LogP contribution in [0.1, 0.15) is 11.3 Å². The van der Waals surface area contributed by atoms with E-state index in [0.717, 1.165) is 22.6 Å². The minimum absolute atomic E-state index is 0.431. The summed E-state index contributed by atoms with van der Waals surface area (Å²) in [5.41, 5.74) is 4.73. The van der Waals surface area contributed by atoms with Gasteiger partial charge in [0, 0.05) is 11.3 Å². The van der Waals surface area contributed by atoms with Gasteiger partial charge >= 0.3 is 0 Å². The summed E-state index contributed by atoms with van der Waals surface area (Å²) in [5.74, 6) is 0.550. The molecule has 0 atom stereocenters. The van der Waals surface area contributed by atoms with Gasteiger partial charge in [-0.25, -0.2) is 15.0 Å². The van der Waals surface area contributed by atoms with E-state index in [1.165, 1.54) is 5.56 Å². The number of pyridine rings is 1. The molecule has 0 aliphatic heterocycles. The second-order valence-corrected chi connectivity index (χ2v) is 5.32. The molecular weight excluding hydrogens is 282 g/mol. The number of aryl methyl sites for hydroxylation is 2. The molecule has 0 aliphatic rings. The van der Waals surface area contributed by atoms with Gasteiger partial charge < -0.3 is 0 Å². The molecule has 2 aromatic heterocycles. The summed E-state index contributed by atoms with van der Waals surface area (Å²) < 4.78 is 0. The first-order valence-corrected chi connectivity index (χ1v) is 7.05. The molecule has 3 nitrogen and oxygen atoms in total. The van der Waals surface area contributed by atoms with Gasteiger partial charge in [-0.1, -0.05) is 41.4 Å². The lowest BCUT2D eigenvalue weighted by atomic mass is 10.1. The van der Waals surface area contributed by atoms with Crippen LogP contribution in [0.15, 0.2) is 48.5 Å². The van der Waals surface area contributed by atoms with E-state index < -0.39 is 0 Å². The Morgan fingerprint density at radius 3 is 2.33 bits per heavy atom. The maximum Gasteiger partial charge on any atom is 0.179 e. The van der Waals surface area contributed by atoms with Crippen LogP contribution in [0, 0.1) is 13.8 Å². The molecule has 0 bridgehead atoms. The fraction of sp³-hybridized carbons (Fsp3) is 0.118. The van der Waals surface area contributed by atoms with Gasteiger partial charge in [0.25, 0.3) is 0 Å². The van der Waals surface area contributed by atoms with Gasteiger partial charge in [0.15, 0.2) is 5.82 Å². The van der Waals surface area contributed by atoms with E-state index in [1.807, 2.05) is 37.3 Å². The molecule has 0 spiro atoms. The lowest BCUT2D eigenvalue weighted by Crippen LogP contribution is -1.95. The molecule has 0 aliphatic carbocycles. The smallest absolute Gasteiger partial charge is 0.179 e. The molecule has 0 unspecified atom stereocenters. The summed E-state index contributed by atoms with van der Waals surface area (Å²) in [6.45, 7) is 3.96. The van der Waals surface area contributed by atoms with Crippen LogP contribution in [-0.2, 0) is 0 Å². The lowest BCUT2D eigenvalue weighted by molar-refractivity contribution is 1.09. The van der Waals surface area contributed by atoms with Crippen LogP contribution >= 0.6 is 11.6 Å². The molecule has 0 saturated heterocycles. The van der Waals surface area contributed by atoms with Crippen LogP contribution in [0.4, 0.5) is 0 Å². The number of aromatic nitrogens is 3. The fourth-order valence-electron chi connectivity index (χ4n) is 2.17. The SMILES string of the molecule is Cc1cccc(-c2cccc(-c3nc(C)cc(Cl)n3)n2)c1. The average molecular weight is 296 g/mol. The Balaban J connectivity index is 2.08. The highest BCUT2D eigenvalue weighted by atomic mass is 35.5. The number of nitrogens with zero attached hydrogens (tertiary/aromatic N) is 3. The van der Waals surface area contributed by atoms with Gasteiger partial charge in [-0.3, -0.25) is 0 Å². The van der Waals surface area contributed by atoms with Crippen molar-refractivity contribution in [3.8, 4) is 22.8 Å². The predicted octanol–water partition coefficient (Wildman–Crippen LogP) is 4.48. The number of hydrogen-bond acceptors (Lipinski definition) is 3. The zero-order valence-electron chi connectivity index (χ0n) is 11.8. The number of hydrogen-bond donors (Lipinski definition) is 0. The Morgan fingerprint density at radius 1 is 0.810 bits per heavy atom. The van der Waals surface area contributed by atoms with Crippen molar-refractivity contribution >= 4 is 11.6 Å². The standard InChI is InChI=1S/C17H14ClN3/c1-11-5-3-6-13(9-11)14-7-4-8-15(20-14)17-19-12(2)10-16(18)21-17/h3-10H,1-2H3. The van der Waals surface area contributed by atoms with E-state index in [4.69, 9.17) is 11.6 Å². The first-order chi connectivity index (χ1) is 10.1. The summed E-state index contributed by atoms with van der Waals surface area (Å²) in [4.78, 5) is 13.3. The van der Waals surface area contributed by atoms with Gasteiger partial charge in [0.05, 0.1) is 5.69 Å². The molecule has 0 N–H and O–H groups in total. The second kappa shape index (κ2) is 5.62. The highest BCUT2D eigenvalue weighted by Crippen LogP contribution is 2.22. The molecule has 0 amide bonds. The number of rotatable bonds is 2. The fourth-order valence-corrected chi connectivity index (χ4v) is 2.41. The first kappa shape index (κ1) is 13.7. The monoisotopic (exact) mass is 295 g/mol. The zero-order valence-corrected chi connectivity index (χ0v) is 12.6. The average Bonchev–Trinajstić information content (AvgIpc) is 2.46. The quantitative estimate of drug-likeness (QED) is 0.654. The van der Waals surface area contributed by atoms with Gasteiger partial charge in [-0.2, -0.15) is 0 Å². The van der Waals surface area contributed by atoms with Crippen molar-refractivity contribution < 1.29 is 0 Å². The molecule has 0 fully saturated rings. The second-order valence-electron chi connectivity index (χ2n) is 4.93. The molecule has 2 heterocycles. The third-order valence-corrected chi connectivity index (χ3v) is 3.31. The molecule has 3 rings (SSSR count). The van der Waals surface area contributed by atoms with Crippen molar-refractivity contribution in [1.82, 2.24) is 15.0 Å². The Morgan fingerprint density at radius 2 is 1.57 bits per heavy atom. The summed E-state index contributed by atoms with van der Waals surface area (Å²) in [5, 5.41) is 0.431. The van der Waals surface area contributed by atoms with Gasteiger partial charge in [-0.05, 0) is 38.1 Å². The van der Waals surface area contributed by atoms with Crippen LogP contribution in [0.5, 0.6) is 0 Å². The van der Waals surface area contributed by atoms with Gasteiger partial charge in [0.1, 0.15) is 10.8 Å². The van der Waals surface area contributed by atoms with E-state index in [-0.39, 0.29) is 0 Å². The third kappa shape index (κ3) is 3.09. The van der Waals surface area contributed by atoms with Crippen LogP contribution < -0.4 is 0 Å². The van der Waals surface area contributed by atoms with Gasteiger partial charge in [-0.15, -0.1) is 0 Å². The summed E-state index contributed by atoms with van der Waals surface area (Å²) in [6, 6.07) is 15.8. The normalized spacial score (nSPS) is 10.6. The van der Waals surface area contributed by atoms with Crippen molar-refractivity contribution in [2.45, 2.75) is 13.8 Å². The van der Waals surface area contributed by atoms with Crippen molar-refractivity contribution in [3.63, 3.8) is 0 Å². The van der Waals surface area contributed by atoms with Crippen molar-refractivity contribution in [2.75, 3.05) is 0 Å². The van der Waals surface area contributed by atoms with Crippen molar-refractivity contribution in [3.05, 3.63) is 64.9 Å². The molecule has 0 saturated carbocycles. The first-order valence-electron chi connectivity index (χ1n) is 6.67. The molecule has 1 aromatic carbocycles. The highest BCUT2D eigenvalue weighted by molar-refractivity contribution is 6.29. The number of benzene rings is 1. The van der Waals surface area contributed by atoms with E-state index >= 15 is 0 Å². The number of halogens is 1. The third-order valence-electron chi connectivity index (χ3n) is 3.11. The topological polar surface area (TPSA) is 38.7 Å². The Hall–Kier alpha value is -2.26. The zero-order chi connectivity index (χ0) is 14.8. The molecule has 0 radical (unpaired) electrons. The predicted molar refractivity (Wildman–Crippen MR) is 85.2 cm³/mol. The Bertz CT molecular complexity index is 779. The molecule has 3 aromatic rings. The summed E-state index contributed by atoms with van der Waals surface area (Å²) in [6.07, 6.45) is 0. The Kier molecular flexibility index (Phi) is 3.67. The van der Waals surface area contributed by atoms with E-state index in [1.54, 1.807) is 6.07 Å². The molecule has 21 heavy (non-hydrogen) atoms. The lowest BCUT2D eigenvalue weighted by Gasteiger charge is -2.06. The molecule has 104 valence electrons. The summed E-state index contributed by atoms with van der Waals surface area (Å²) in [7, 11) is 0. The molecular formula is C17H14ClN3. The van der Waals surface area contributed by atoms with Crippen LogP contribution in [-0.4, -0.2) is 15.0 Å². The highest BCUT2D eigenvalue weighted by Gasteiger charge is 2.07. The maximum atomic E-state index is 6.00. The minimum atomic E-state index is 0.431. The van der Waals surface area contributed by atoms with Gasteiger partial charge in [0.2, 0.25) is 0 Å². The Labute approximate surface area is 128 Å². The summed E-state index contributed by atoms with van der Waals surface area (Å²) >= 11 is 6.00. The largest absolute Gasteiger partial charge is 0.244 e. The van der Waals surface area contributed by atoms with E-state index in [2.05, 4.69) is 34.0 Å². The maximum absolute atomic E-state index is 6.00. The molecule has 4 heteroatoms. The van der Waals surface area contributed by atoms with Crippen LogP contribution in [0.2, 0.25) is 5.15 Å². The van der Waals surface area contributed by atoms with Crippen LogP contribution in [0.3, 0.4) is 0 Å². The van der Waals surface area contributed by atoms with Crippen molar-refractivity contribution in [1.29, 1.82) is 0 Å². The minimum Gasteiger partial charge on any atom is -0.244 e. The van der Waals surface area contributed by atoms with Crippen LogP contribution in [0.25, 0.3) is 22.8 Å². The van der Waals surface area contributed by atoms with Crippen molar-refractivity contribution in [2.24, 2.45) is 0 Å².